The van der Waals surface area contributed by atoms with Crippen LogP contribution in [0.15, 0.2) is 121 Å². The van der Waals surface area contributed by atoms with Crippen LogP contribution in [0.4, 0.5) is 17.1 Å². The molecule has 0 saturated carbocycles. The largest absolute Gasteiger partial charge is 0.355 e. The van der Waals surface area contributed by atoms with Gasteiger partial charge in [-0.25, -0.2) is 0 Å². The lowest BCUT2D eigenvalue weighted by molar-refractivity contribution is 1.29. The number of aromatic nitrogens is 1. The molecule has 1 N–H and O–H groups in total. The lowest BCUT2D eigenvalue weighted by Gasteiger charge is -2.25. The van der Waals surface area contributed by atoms with Crippen molar-refractivity contribution < 1.29 is 0 Å². The maximum absolute atomic E-state index is 3.56. The molecule has 6 aromatic rings. The van der Waals surface area contributed by atoms with E-state index in [1.54, 1.807) is 0 Å². The van der Waals surface area contributed by atoms with Crippen molar-refractivity contribution in [3.8, 4) is 11.1 Å². The first kappa shape index (κ1) is 19.4. The van der Waals surface area contributed by atoms with Gasteiger partial charge in [-0.1, -0.05) is 72.3 Å². The summed E-state index contributed by atoms with van der Waals surface area (Å²) in [4.78, 5) is 5.88. The standard InChI is InChI=1S/C31H24N2/c1-22-12-18-30-28(20-22)29-21-27(17-19-31(29)32-30)33(25-10-6-3-7-11-25)26-15-13-24(14-16-26)23-8-4-2-5-9-23/h2-21,32H,1H3. The third-order valence-electron chi connectivity index (χ3n) is 6.24. The van der Waals surface area contributed by atoms with Gasteiger partial charge in [-0.05, 0) is 72.6 Å². The van der Waals surface area contributed by atoms with Crippen molar-refractivity contribution in [3.05, 3.63) is 127 Å². The fourth-order valence-electron chi connectivity index (χ4n) is 4.60. The Hall–Kier alpha value is -4.30. The molecule has 158 valence electrons. The number of aromatic amines is 1. The number of hydrogen-bond donors (Lipinski definition) is 1. The molecular weight excluding hydrogens is 400 g/mol. The molecule has 0 aliphatic heterocycles. The Kier molecular flexibility index (Phi) is 4.70. The molecule has 1 heterocycles. The molecule has 0 atom stereocenters. The normalized spacial score (nSPS) is 11.2. The number of nitrogens with zero attached hydrogens (tertiary/aromatic N) is 1. The maximum atomic E-state index is 3.56. The number of para-hydroxylation sites is 1. The van der Waals surface area contributed by atoms with E-state index >= 15 is 0 Å². The molecule has 0 aliphatic rings. The van der Waals surface area contributed by atoms with Crippen molar-refractivity contribution in [2.24, 2.45) is 0 Å². The highest BCUT2D eigenvalue weighted by Gasteiger charge is 2.14. The molecule has 0 fully saturated rings. The third-order valence-corrected chi connectivity index (χ3v) is 6.24. The van der Waals surface area contributed by atoms with E-state index in [0.29, 0.717) is 0 Å². The minimum absolute atomic E-state index is 1.14. The summed E-state index contributed by atoms with van der Waals surface area (Å²) in [5, 5.41) is 2.51. The van der Waals surface area contributed by atoms with Crippen LogP contribution < -0.4 is 4.90 Å². The highest BCUT2D eigenvalue weighted by Crippen LogP contribution is 2.38. The molecule has 0 bridgehead atoms. The highest BCUT2D eigenvalue weighted by molar-refractivity contribution is 6.09. The molecule has 1 aromatic heterocycles. The first-order chi connectivity index (χ1) is 16.3. The minimum Gasteiger partial charge on any atom is -0.355 e. The van der Waals surface area contributed by atoms with E-state index in [2.05, 4.69) is 138 Å². The van der Waals surface area contributed by atoms with E-state index in [0.717, 1.165) is 22.6 Å². The Labute approximate surface area is 193 Å². The van der Waals surface area contributed by atoms with Crippen LogP contribution in [-0.4, -0.2) is 4.98 Å². The van der Waals surface area contributed by atoms with E-state index in [1.165, 1.54) is 33.0 Å². The summed E-state index contributed by atoms with van der Waals surface area (Å²) in [7, 11) is 0. The Morgan fingerprint density at radius 1 is 0.485 bits per heavy atom. The van der Waals surface area contributed by atoms with Crippen LogP contribution in [0.2, 0.25) is 0 Å². The number of H-pyrrole nitrogens is 1. The smallest absolute Gasteiger partial charge is 0.0469 e. The van der Waals surface area contributed by atoms with Crippen molar-refractivity contribution >= 4 is 38.9 Å². The Morgan fingerprint density at radius 3 is 1.76 bits per heavy atom. The summed E-state index contributed by atoms with van der Waals surface area (Å²) >= 11 is 0. The van der Waals surface area contributed by atoms with Gasteiger partial charge in [0.1, 0.15) is 0 Å². The number of anilines is 3. The molecule has 2 nitrogen and oxygen atoms in total. The van der Waals surface area contributed by atoms with Crippen LogP contribution in [0.25, 0.3) is 32.9 Å². The molecular formula is C31H24N2. The van der Waals surface area contributed by atoms with Gasteiger partial charge in [0.05, 0.1) is 0 Å². The molecule has 0 spiro atoms. The third kappa shape index (κ3) is 3.56. The summed E-state index contributed by atoms with van der Waals surface area (Å²) in [5.41, 5.74) is 9.46. The fourth-order valence-corrected chi connectivity index (χ4v) is 4.60. The predicted molar refractivity (Wildman–Crippen MR) is 141 cm³/mol. The van der Waals surface area contributed by atoms with Crippen molar-refractivity contribution in [1.82, 2.24) is 4.98 Å². The monoisotopic (exact) mass is 424 g/mol. The Balaban J connectivity index is 1.50. The van der Waals surface area contributed by atoms with E-state index in [4.69, 9.17) is 0 Å². The van der Waals surface area contributed by atoms with Gasteiger partial charge >= 0.3 is 0 Å². The van der Waals surface area contributed by atoms with Gasteiger partial charge in [-0.2, -0.15) is 0 Å². The van der Waals surface area contributed by atoms with Gasteiger partial charge in [-0.3, -0.25) is 0 Å². The zero-order valence-electron chi connectivity index (χ0n) is 18.5. The summed E-state index contributed by atoms with van der Waals surface area (Å²) in [6.07, 6.45) is 0. The number of aryl methyl sites for hydroxylation is 1. The summed E-state index contributed by atoms with van der Waals surface area (Å²) in [5.74, 6) is 0. The number of fused-ring (bicyclic) bond motifs is 3. The number of hydrogen-bond acceptors (Lipinski definition) is 1. The Bertz CT molecular complexity index is 1550. The molecule has 0 aliphatic carbocycles. The van der Waals surface area contributed by atoms with Crippen LogP contribution in [-0.2, 0) is 0 Å². The van der Waals surface area contributed by atoms with Crippen LogP contribution in [0.1, 0.15) is 5.56 Å². The van der Waals surface area contributed by atoms with E-state index in [-0.39, 0.29) is 0 Å². The van der Waals surface area contributed by atoms with E-state index in [9.17, 15) is 0 Å². The molecule has 5 aromatic carbocycles. The first-order valence-electron chi connectivity index (χ1n) is 11.3. The van der Waals surface area contributed by atoms with Crippen LogP contribution in [0.5, 0.6) is 0 Å². The molecule has 2 heteroatoms. The fraction of sp³-hybridized carbons (Fsp3) is 0.0323. The van der Waals surface area contributed by atoms with Gasteiger partial charge in [0.25, 0.3) is 0 Å². The van der Waals surface area contributed by atoms with E-state index in [1.807, 2.05) is 0 Å². The molecule has 0 radical (unpaired) electrons. The predicted octanol–water partition coefficient (Wildman–Crippen LogP) is 8.77. The molecule has 6 rings (SSSR count). The van der Waals surface area contributed by atoms with E-state index < -0.39 is 0 Å². The summed E-state index contributed by atoms with van der Waals surface area (Å²) in [6, 6.07) is 43.2. The van der Waals surface area contributed by atoms with Crippen molar-refractivity contribution in [2.45, 2.75) is 6.92 Å². The maximum Gasteiger partial charge on any atom is 0.0469 e. The number of nitrogens with one attached hydrogen (secondary N) is 1. The summed E-state index contributed by atoms with van der Waals surface area (Å²) in [6.45, 7) is 2.15. The van der Waals surface area contributed by atoms with Crippen LogP contribution in [0.3, 0.4) is 0 Å². The lowest BCUT2D eigenvalue weighted by atomic mass is 10.0. The summed E-state index contributed by atoms with van der Waals surface area (Å²) < 4.78 is 0. The molecule has 0 unspecified atom stereocenters. The highest BCUT2D eigenvalue weighted by atomic mass is 15.1. The molecule has 0 amide bonds. The zero-order valence-corrected chi connectivity index (χ0v) is 18.5. The SMILES string of the molecule is Cc1ccc2[nH]c3ccc(N(c4ccccc4)c4ccc(-c5ccccc5)cc4)cc3c2c1. The topological polar surface area (TPSA) is 19.0 Å². The van der Waals surface area contributed by atoms with Crippen molar-refractivity contribution in [1.29, 1.82) is 0 Å². The van der Waals surface area contributed by atoms with Gasteiger partial charge in [0, 0.05) is 38.9 Å². The van der Waals surface area contributed by atoms with Gasteiger partial charge in [0.2, 0.25) is 0 Å². The second-order valence-electron chi connectivity index (χ2n) is 8.49. The quantitative estimate of drug-likeness (QED) is 0.300. The van der Waals surface area contributed by atoms with Crippen molar-refractivity contribution in [3.63, 3.8) is 0 Å². The second kappa shape index (κ2) is 7.99. The zero-order chi connectivity index (χ0) is 22.2. The van der Waals surface area contributed by atoms with Crippen LogP contribution in [0, 0.1) is 6.92 Å². The lowest BCUT2D eigenvalue weighted by Crippen LogP contribution is -2.09. The first-order valence-corrected chi connectivity index (χ1v) is 11.3. The average Bonchev–Trinajstić information content (AvgIpc) is 3.23. The van der Waals surface area contributed by atoms with Gasteiger partial charge < -0.3 is 9.88 Å². The molecule has 33 heavy (non-hydrogen) atoms. The number of benzene rings is 5. The van der Waals surface area contributed by atoms with Gasteiger partial charge in [-0.15, -0.1) is 0 Å². The average molecular weight is 425 g/mol. The number of rotatable bonds is 4. The minimum atomic E-state index is 1.14. The van der Waals surface area contributed by atoms with Crippen LogP contribution >= 0.6 is 0 Å². The molecule has 0 saturated heterocycles. The second-order valence-corrected chi connectivity index (χ2v) is 8.49. The van der Waals surface area contributed by atoms with Gasteiger partial charge in [0.15, 0.2) is 0 Å². The Morgan fingerprint density at radius 2 is 1.03 bits per heavy atom. The van der Waals surface area contributed by atoms with Crippen molar-refractivity contribution in [2.75, 3.05) is 4.90 Å².